The lowest BCUT2D eigenvalue weighted by molar-refractivity contribution is 0.110. The van der Waals surface area contributed by atoms with E-state index in [2.05, 4.69) is 4.72 Å². The van der Waals surface area contributed by atoms with Gasteiger partial charge in [-0.15, -0.1) is 0 Å². The molecule has 2 aromatic rings. The molecule has 0 fully saturated rings. The second-order valence-corrected chi connectivity index (χ2v) is 7.69. The Morgan fingerprint density at radius 2 is 1.81 bits per heavy atom. The molecule has 7 nitrogen and oxygen atoms in total. The van der Waals surface area contributed by atoms with Gasteiger partial charge in [0, 0.05) is 12.6 Å². The molecule has 0 bridgehead atoms. The molecule has 3 rings (SSSR count). The van der Waals surface area contributed by atoms with Crippen molar-refractivity contribution in [2.24, 2.45) is 0 Å². The minimum atomic E-state index is -3.67. The highest BCUT2D eigenvalue weighted by atomic mass is 32.2. The van der Waals surface area contributed by atoms with Gasteiger partial charge in [-0.3, -0.25) is 0 Å². The van der Waals surface area contributed by atoms with Gasteiger partial charge in [-0.2, -0.15) is 0 Å². The average molecular weight is 393 g/mol. The first kappa shape index (κ1) is 19.5. The zero-order valence-corrected chi connectivity index (χ0v) is 16.1. The molecule has 0 saturated heterocycles. The van der Waals surface area contributed by atoms with Crippen molar-refractivity contribution < 1.29 is 27.4 Å². The summed E-state index contributed by atoms with van der Waals surface area (Å²) in [5, 5.41) is 0. The first-order valence-electron chi connectivity index (χ1n) is 8.72. The minimum Gasteiger partial charge on any atom is -0.491 e. The summed E-state index contributed by atoms with van der Waals surface area (Å²) in [6.45, 7) is 5.41. The highest BCUT2D eigenvalue weighted by Gasteiger charge is 2.21. The summed E-state index contributed by atoms with van der Waals surface area (Å²) in [6, 6.07) is 11.2. The number of hydrogen-bond acceptors (Lipinski definition) is 6. The van der Waals surface area contributed by atoms with E-state index in [1.807, 2.05) is 13.0 Å². The number of rotatable bonds is 9. The SMILES string of the molecule is CCOCCOc1ccc(S(=O)(=O)NC(C)c2ccc3c(c2)OCO3)cc1. The first-order valence-corrected chi connectivity index (χ1v) is 10.2. The second-order valence-electron chi connectivity index (χ2n) is 5.97. The fourth-order valence-electron chi connectivity index (χ4n) is 2.63. The van der Waals surface area contributed by atoms with Crippen molar-refractivity contribution in [3.8, 4) is 17.2 Å². The van der Waals surface area contributed by atoms with Gasteiger partial charge in [-0.1, -0.05) is 6.07 Å². The Bertz CT molecular complexity index is 866. The molecule has 0 amide bonds. The fourth-order valence-corrected chi connectivity index (χ4v) is 3.86. The van der Waals surface area contributed by atoms with Crippen molar-refractivity contribution in [3.63, 3.8) is 0 Å². The molecule has 0 radical (unpaired) electrons. The molecule has 1 aliphatic rings. The van der Waals surface area contributed by atoms with Gasteiger partial charge in [-0.05, 0) is 55.8 Å². The molecule has 0 spiro atoms. The van der Waals surface area contributed by atoms with E-state index in [0.29, 0.717) is 37.1 Å². The topological polar surface area (TPSA) is 83.1 Å². The molecule has 146 valence electrons. The van der Waals surface area contributed by atoms with Gasteiger partial charge in [0.2, 0.25) is 16.8 Å². The van der Waals surface area contributed by atoms with Crippen LogP contribution in [-0.2, 0) is 14.8 Å². The number of nitrogens with one attached hydrogen (secondary N) is 1. The summed E-state index contributed by atoms with van der Waals surface area (Å²) >= 11 is 0. The van der Waals surface area contributed by atoms with Crippen LogP contribution in [0.3, 0.4) is 0 Å². The monoisotopic (exact) mass is 393 g/mol. The third-order valence-corrected chi connectivity index (χ3v) is 5.62. The largest absolute Gasteiger partial charge is 0.491 e. The van der Waals surface area contributed by atoms with Gasteiger partial charge in [0.25, 0.3) is 0 Å². The molecule has 1 unspecified atom stereocenters. The number of fused-ring (bicyclic) bond motifs is 1. The van der Waals surface area contributed by atoms with Gasteiger partial charge >= 0.3 is 0 Å². The maximum absolute atomic E-state index is 12.6. The fraction of sp³-hybridized carbons (Fsp3) is 0.368. The lowest BCUT2D eigenvalue weighted by atomic mass is 10.1. The van der Waals surface area contributed by atoms with E-state index in [1.165, 1.54) is 12.1 Å². The Morgan fingerprint density at radius 3 is 2.56 bits per heavy atom. The molecule has 0 saturated carbocycles. The third-order valence-electron chi connectivity index (χ3n) is 4.06. The number of hydrogen-bond donors (Lipinski definition) is 1. The van der Waals surface area contributed by atoms with Gasteiger partial charge in [-0.25, -0.2) is 13.1 Å². The predicted molar refractivity (Wildman–Crippen MR) is 99.7 cm³/mol. The number of benzene rings is 2. The van der Waals surface area contributed by atoms with Crippen LogP contribution in [-0.4, -0.2) is 35.0 Å². The maximum Gasteiger partial charge on any atom is 0.241 e. The Balaban J connectivity index is 1.63. The van der Waals surface area contributed by atoms with E-state index in [0.717, 1.165) is 5.56 Å². The van der Waals surface area contributed by atoms with Gasteiger partial charge in [0.05, 0.1) is 11.5 Å². The van der Waals surface area contributed by atoms with E-state index < -0.39 is 16.1 Å². The van der Waals surface area contributed by atoms with Crippen LogP contribution in [0.25, 0.3) is 0 Å². The molecule has 27 heavy (non-hydrogen) atoms. The van der Waals surface area contributed by atoms with Crippen LogP contribution in [0.2, 0.25) is 0 Å². The molecule has 1 atom stereocenters. The van der Waals surface area contributed by atoms with E-state index >= 15 is 0 Å². The Morgan fingerprint density at radius 1 is 1.07 bits per heavy atom. The van der Waals surface area contributed by atoms with Crippen molar-refractivity contribution in [3.05, 3.63) is 48.0 Å². The van der Waals surface area contributed by atoms with E-state index in [-0.39, 0.29) is 11.7 Å². The predicted octanol–water partition coefficient (Wildman–Crippen LogP) is 2.87. The smallest absolute Gasteiger partial charge is 0.241 e. The zero-order chi connectivity index (χ0) is 19.3. The maximum atomic E-state index is 12.6. The van der Waals surface area contributed by atoms with Gasteiger partial charge in [0.1, 0.15) is 12.4 Å². The standard InChI is InChI=1S/C19H23NO6S/c1-3-23-10-11-24-16-5-7-17(8-6-16)27(21,22)20-14(2)15-4-9-18-19(12-15)26-13-25-18/h4-9,12,14,20H,3,10-11,13H2,1-2H3. The van der Waals surface area contributed by atoms with E-state index in [1.54, 1.807) is 31.2 Å². The van der Waals surface area contributed by atoms with Gasteiger partial charge < -0.3 is 18.9 Å². The normalized spacial score (nSPS) is 14.1. The summed E-state index contributed by atoms with van der Waals surface area (Å²) in [5.74, 6) is 1.87. The zero-order valence-electron chi connectivity index (χ0n) is 15.3. The van der Waals surface area contributed by atoms with Crippen LogP contribution in [0.4, 0.5) is 0 Å². The van der Waals surface area contributed by atoms with Crippen LogP contribution in [0.15, 0.2) is 47.4 Å². The third kappa shape index (κ3) is 4.91. The second kappa shape index (κ2) is 8.60. The van der Waals surface area contributed by atoms with Crippen LogP contribution in [0.1, 0.15) is 25.5 Å². The number of ether oxygens (including phenoxy) is 4. The van der Waals surface area contributed by atoms with Crippen LogP contribution in [0.5, 0.6) is 17.2 Å². The first-order chi connectivity index (χ1) is 13.0. The molecule has 8 heteroatoms. The van der Waals surface area contributed by atoms with Crippen LogP contribution in [0, 0.1) is 0 Å². The Kier molecular flexibility index (Phi) is 6.20. The molecule has 2 aromatic carbocycles. The molecular weight excluding hydrogens is 370 g/mol. The summed E-state index contributed by atoms with van der Waals surface area (Å²) in [5.41, 5.74) is 0.790. The highest BCUT2D eigenvalue weighted by molar-refractivity contribution is 7.89. The van der Waals surface area contributed by atoms with Crippen molar-refractivity contribution >= 4 is 10.0 Å². The molecule has 1 heterocycles. The van der Waals surface area contributed by atoms with Crippen molar-refractivity contribution in [1.29, 1.82) is 0 Å². The Labute approximate surface area is 159 Å². The quantitative estimate of drug-likeness (QED) is 0.660. The summed E-state index contributed by atoms with van der Waals surface area (Å²) in [7, 11) is -3.67. The lowest BCUT2D eigenvalue weighted by Gasteiger charge is -2.15. The average Bonchev–Trinajstić information content (AvgIpc) is 3.13. The Hall–Kier alpha value is -2.29. The summed E-state index contributed by atoms with van der Waals surface area (Å²) in [4.78, 5) is 0.173. The number of sulfonamides is 1. The molecule has 0 aliphatic carbocycles. The molecule has 0 aromatic heterocycles. The van der Waals surface area contributed by atoms with Crippen LogP contribution >= 0.6 is 0 Å². The van der Waals surface area contributed by atoms with E-state index in [4.69, 9.17) is 18.9 Å². The summed E-state index contributed by atoms with van der Waals surface area (Å²) < 4.78 is 49.3. The van der Waals surface area contributed by atoms with Crippen molar-refractivity contribution in [2.75, 3.05) is 26.6 Å². The minimum absolute atomic E-state index is 0.173. The summed E-state index contributed by atoms with van der Waals surface area (Å²) in [6.07, 6.45) is 0. The van der Waals surface area contributed by atoms with Crippen molar-refractivity contribution in [2.45, 2.75) is 24.8 Å². The highest BCUT2D eigenvalue weighted by Crippen LogP contribution is 2.34. The lowest BCUT2D eigenvalue weighted by Crippen LogP contribution is -2.26. The van der Waals surface area contributed by atoms with Crippen LogP contribution < -0.4 is 18.9 Å². The van der Waals surface area contributed by atoms with Gasteiger partial charge in [0.15, 0.2) is 11.5 Å². The molecular formula is C19H23NO6S. The van der Waals surface area contributed by atoms with Crippen molar-refractivity contribution in [1.82, 2.24) is 4.72 Å². The molecule has 1 aliphatic heterocycles. The molecule has 1 N–H and O–H groups in total. The van der Waals surface area contributed by atoms with E-state index in [9.17, 15) is 8.42 Å².